The van der Waals surface area contributed by atoms with Crippen molar-refractivity contribution in [1.82, 2.24) is 4.90 Å². The van der Waals surface area contributed by atoms with Crippen molar-refractivity contribution in [1.29, 1.82) is 0 Å². The van der Waals surface area contributed by atoms with Gasteiger partial charge in [-0.1, -0.05) is 32.9 Å². The van der Waals surface area contributed by atoms with Gasteiger partial charge in [-0.15, -0.1) is 12.4 Å². The zero-order valence-corrected chi connectivity index (χ0v) is 13.0. The number of phenolic OH excluding ortho intramolecular Hbond substituents is 1. The van der Waals surface area contributed by atoms with E-state index in [1.54, 1.807) is 6.07 Å². The lowest BCUT2D eigenvalue weighted by molar-refractivity contribution is 0.150. The molecule has 1 aromatic carbocycles. The van der Waals surface area contributed by atoms with Crippen molar-refractivity contribution in [3.8, 4) is 5.75 Å². The minimum atomic E-state index is 0. The fraction of sp³-hybridized carbons (Fsp3) is 0.625. The van der Waals surface area contributed by atoms with Crippen molar-refractivity contribution in [3.05, 3.63) is 29.8 Å². The number of phenols is 1. The Bertz CT molecular complexity index is 400. The molecule has 1 aromatic rings. The number of aromatic hydroxyl groups is 1. The van der Waals surface area contributed by atoms with Gasteiger partial charge >= 0.3 is 0 Å². The van der Waals surface area contributed by atoms with E-state index in [4.69, 9.17) is 0 Å². The van der Waals surface area contributed by atoms with Gasteiger partial charge in [0.1, 0.15) is 5.75 Å². The summed E-state index contributed by atoms with van der Waals surface area (Å²) in [6.45, 7) is 10.4. The van der Waals surface area contributed by atoms with E-state index in [-0.39, 0.29) is 12.4 Å². The molecule has 1 fully saturated rings. The minimum Gasteiger partial charge on any atom is -0.508 e. The maximum absolute atomic E-state index is 9.58. The molecule has 1 unspecified atom stereocenters. The van der Waals surface area contributed by atoms with E-state index in [0.29, 0.717) is 17.1 Å². The van der Waals surface area contributed by atoms with E-state index < -0.39 is 0 Å². The Hall–Kier alpha value is -0.730. The Morgan fingerprint density at radius 3 is 2.68 bits per heavy atom. The largest absolute Gasteiger partial charge is 0.508 e. The predicted octanol–water partition coefficient (Wildman–Crippen LogP) is 4.04. The molecule has 0 bridgehead atoms. The summed E-state index contributed by atoms with van der Waals surface area (Å²) < 4.78 is 0. The van der Waals surface area contributed by atoms with Crippen LogP contribution in [0, 0.1) is 5.41 Å². The molecular weight excluding hydrogens is 258 g/mol. The highest BCUT2D eigenvalue weighted by molar-refractivity contribution is 5.85. The van der Waals surface area contributed by atoms with Crippen LogP contribution in [0.2, 0.25) is 0 Å². The van der Waals surface area contributed by atoms with Gasteiger partial charge in [-0.25, -0.2) is 0 Å². The zero-order chi connectivity index (χ0) is 13.2. The predicted molar refractivity (Wildman–Crippen MR) is 83.2 cm³/mol. The highest BCUT2D eigenvalue weighted by atomic mass is 35.5. The number of likely N-dealkylation sites (tertiary alicyclic amines) is 1. The molecule has 1 N–H and O–H groups in total. The van der Waals surface area contributed by atoms with Gasteiger partial charge in [0.2, 0.25) is 0 Å². The summed E-state index contributed by atoms with van der Waals surface area (Å²) in [7, 11) is 0. The number of hydrogen-bond donors (Lipinski definition) is 1. The molecule has 3 heteroatoms. The first-order valence-electron chi connectivity index (χ1n) is 6.95. The van der Waals surface area contributed by atoms with Crippen molar-refractivity contribution in [3.63, 3.8) is 0 Å². The summed E-state index contributed by atoms with van der Waals surface area (Å²) in [4.78, 5) is 2.57. The second-order valence-electron chi connectivity index (χ2n) is 6.73. The maximum Gasteiger partial charge on any atom is 0.115 e. The third-order valence-corrected chi connectivity index (χ3v) is 3.55. The summed E-state index contributed by atoms with van der Waals surface area (Å²) in [5, 5.41) is 9.58. The standard InChI is InChI=1S/C16H25NO.ClH/c1-16(2,3)12-17-9-5-7-14(11-17)13-6-4-8-15(18)10-13;/h4,6,8,10,14,18H,5,7,9,11-12H2,1-3H3;1H. The maximum atomic E-state index is 9.58. The number of piperidine rings is 1. The third-order valence-electron chi connectivity index (χ3n) is 3.55. The van der Waals surface area contributed by atoms with Crippen molar-refractivity contribution in [2.75, 3.05) is 19.6 Å². The molecule has 1 heterocycles. The summed E-state index contributed by atoms with van der Waals surface area (Å²) in [6.07, 6.45) is 2.50. The van der Waals surface area contributed by atoms with E-state index in [2.05, 4.69) is 31.7 Å². The average Bonchev–Trinajstić information content (AvgIpc) is 2.27. The normalized spacial score (nSPS) is 20.9. The molecule has 0 amide bonds. The van der Waals surface area contributed by atoms with Gasteiger partial charge in [0.15, 0.2) is 0 Å². The second kappa shape index (κ2) is 6.62. The number of halogens is 1. The van der Waals surface area contributed by atoms with E-state index in [1.807, 2.05) is 12.1 Å². The lowest BCUT2D eigenvalue weighted by atomic mass is 9.88. The van der Waals surface area contributed by atoms with Gasteiger partial charge in [0, 0.05) is 13.1 Å². The molecular formula is C16H26ClNO. The molecule has 19 heavy (non-hydrogen) atoms. The Morgan fingerprint density at radius 1 is 1.32 bits per heavy atom. The van der Waals surface area contributed by atoms with Crippen LogP contribution >= 0.6 is 12.4 Å². The fourth-order valence-electron chi connectivity index (χ4n) is 2.92. The van der Waals surface area contributed by atoms with Gasteiger partial charge in [-0.2, -0.15) is 0 Å². The molecule has 2 nitrogen and oxygen atoms in total. The van der Waals surface area contributed by atoms with Gasteiger partial charge in [0.25, 0.3) is 0 Å². The van der Waals surface area contributed by atoms with Gasteiger partial charge < -0.3 is 10.0 Å². The van der Waals surface area contributed by atoms with Gasteiger partial charge in [-0.3, -0.25) is 0 Å². The van der Waals surface area contributed by atoms with E-state index in [0.717, 1.165) is 13.1 Å². The van der Waals surface area contributed by atoms with Crippen molar-refractivity contribution < 1.29 is 5.11 Å². The molecule has 0 aliphatic carbocycles. The van der Waals surface area contributed by atoms with E-state index in [1.165, 1.54) is 24.9 Å². The molecule has 1 aliphatic heterocycles. The van der Waals surface area contributed by atoms with Crippen LogP contribution in [0.15, 0.2) is 24.3 Å². The second-order valence-corrected chi connectivity index (χ2v) is 6.73. The highest BCUT2D eigenvalue weighted by Crippen LogP contribution is 2.30. The van der Waals surface area contributed by atoms with Crippen LogP contribution in [0.3, 0.4) is 0 Å². The average molecular weight is 284 g/mol. The first-order valence-corrected chi connectivity index (χ1v) is 6.95. The monoisotopic (exact) mass is 283 g/mol. The molecule has 1 saturated heterocycles. The molecule has 0 aromatic heterocycles. The SMILES string of the molecule is CC(C)(C)CN1CCCC(c2cccc(O)c2)C1.Cl. The lowest BCUT2D eigenvalue weighted by Crippen LogP contribution is -2.39. The topological polar surface area (TPSA) is 23.5 Å². The van der Waals surface area contributed by atoms with Crippen molar-refractivity contribution in [2.45, 2.75) is 39.5 Å². The number of hydrogen-bond acceptors (Lipinski definition) is 2. The van der Waals surface area contributed by atoms with Crippen LogP contribution in [0.25, 0.3) is 0 Å². The summed E-state index contributed by atoms with van der Waals surface area (Å²) >= 11 is 0. The molecule has 108 valence electrons. The van der Waals surface area contributed by atoms with Crippen LogP contribution in [0.1, 0.15) is 45.1 Å². The lowest BCUT2D eigenvalue weighted by Gasteiger charge is -2.36. The first-order chi connectivity index (χ1) is 8.44. The Kier molecular flexibility index (Phi) is 5.69. The van der Waals surface area contributed by atoms with Crippen LogP contribution in [0.5, 0.6) is 5.75 Å². The van der Waals surface area contributed by atoms with E-state index in [9.17, 15) is 5.11 Å². The molecule has 2 rings (SSSR count). The van der Waals surface area contributed by atoms with Gasteiger partial charge in [-0.05, 0) is 48.4 Å². The number of rotatable bonds is 2. The van der Waals surface area contributed by atoms with Crippen LogP contribution in [0.4, 0.5) is 0 Å². The quantitative estimate of drug-likeness (QED) is 0.885. The Balaban J connectivity index is 0.00000180. The Morgan fingerprint density at radius 2 is 2.05 bits per heavy atom. The summed E-state index contributed by atoms with van der Waals surface area (Å²) in [5.41, 5.74) is 1.65. The number of benzene rings is 1. The smallest absolute Gasteiger partial charge is 0.115 e. The van der Waals surface area contributed by atoms with Gasteiger partial charge in [0.05, 0.1) is 0 Å². The van der Waals surface area contributed by atoms with Crippen molar-refractivity contribution >= 4 is 12.4 Å². The highest BCUT2D eigenvalue weighted by Gasteiger charge is 2.24. The third kappa shape index (κ3) is 5.04. The molecule has 0 saturated carbocycles. The molecule has 0 spiro atoms. The summed E-state index contributed by atoms with van der Waals surface area (Å²) in [5.74, 6) is 0.966. The van der Waals surface area contributed by atoms with E-state index >= 15 is 0 Å². The van der Waals surface area contributed by atoms with Crippen LogP contribution in [-0.2, 0) is 0 Å². The fourth-order valence-corrected chi connectivity index (χ4v) is 2.92. The van der Waals surface area contributed by atoms with Crippen LogP contribution in [-0.4, -0.2) is 29.6 Å². The molecule has 1 aliphatic rings. The minimum absolute atomic E-state index is 0. The Labute approximate surface area is 123 Å². The number of nitrogens with zero attached hydrogens (tertiary/aromatic N) is 1. The zero-order valence-electron chi connectivity index (χ0n) is 12.2. The summed E-state index contributed by atoms with van der Waals surface area (Å²) in [6, 6.07) is 7.77. The molecule has 0 radical (unpaired) electrons. The first kappa shape index (κ1) is 16.3. The van der Waals surface area contributed by atoms with Crippen LogP contribution < -0.4 is 0 Å². The molecule has 1 atom stereocenters. The van der Waals surface area contributed by atoms with Crippen molar-refractivity contribution in [2.24, 2.45) is 5.41 Å².